The van der Waals surface area contributed by atoms with Gasteiger partial charge in [-0.3, -0.25) is 0 Å². The summed E-state index contributed by atoms with van der Waals surface area (Å²) in [5.74, 6) is 0. The third-order valence-corrected chi connectivity index (χ3v) is 3.13. The van der Waals surface area contributed by atoms with Gasteiger partial charge in [0.25, 0.3) is 0 Å². The predicted octanol–water partition coefficient (Wildman–Crippen LogP) is 2.26. The van der Waals surface area contributed by atoms with Crippen molar-refractivity contribution in [1.82, 2.24) is 0 Å². The van der Waals surface area contributed by atoms with Crippen LogP contribution in [0.4, 0.5) is 0 Å². The summed E-state index contributed by atoms with van der Waals surface area (Å²) >= 11 is 1.96. The minimum Gasteiger partial charge on any atom is -0.371 e. The molecule has 0 aromatic heterocycles. The van der Waals surface area contributed by atoms with Crippen molar-refractivity contribution in [3.63, 3.8) is 0 Å². The second-order valence-corrected chi connectivity index (χ2v) is 4.15. The highest BCUT2D eigenvalue weighted by atomic mass is 32.2. The molecule has 1 aliphatic heterocycles. The fraction of sp³-hybridized carbons (Fsp3) is 1.00. The molecule has 1 fully saturated rings. The van der Waals surface area contributed by atoms with E-state index in [0.717, 1.165) is 5.25 Å². The van der Waals surface area contributed by atoms with Gasteiger partial charge < -0.3 is 4.74 Å². The minimum atomic E-state index is 0.480. The molecule has 1 nitrogen and oxygen atoms in total. The Kier molecular flexibility index (Phi) is 2.86. The Bertz CT molecular complexity index is 85.0. The van der Waals surface area contributed by atoms with E-state index in [2.05, 4.69) is 6.92 Å². The maximum atomic E-state index is 5.22. The maximum Gasteiger partial charge on any atom is 0.103 e. The van der Waals surface area contributed by atoms with E-state index in [9.17, 15) is 0 Å². The van der Waals surface area contributed by atoms with Gasteiger partial charge in [-0.2, -0.15) is 0 Å². The Balaban J connectivity index is 2.23. The summed E-state index contributed by atoms with van der Waals surface area (Å²) in [5, 5.41) is 0.809. The summed E-state index contributed by atoms with van der Waals surface area (Å²) in [6, 6.07) is 0. The van der Waals surface area contributed by atoms with Gasteiger partial charge in [0.1, 0.15) is 5.44 Å². The lowest BCUT2D eigenvalue weighted by atomic mass is 10.2. The number of methoxy groups -OCH3 is 1. The highest BCUT2D eigenvalue weighted by molar-refractivity contribution is 8.00. The molecule has 54 valence electrons. The number of ether oxygens (including phenoxy) is 1. The van der Waals surface area contributed by atoms with Crippen LogP contribution in [0.5, 0.6) is 0 Å². The first-order valence-corrected chi connectivity index (χ1v) is 4.45. The first kappa shape index (κ1) is 7.42. The van der Waals surface area contributed by atoms with Crippen molar-refractivity contribution in [3.05, 3.63) is 0 Å². The SMILES string of the molecule is COC1CCCC(C)S1. The molecule has 1 rings (SSSR count). The minimum absolute atomic E-state index is 0.480. The molecule has 0 amide bonds. The van der Waals surface area contributed by atoms with Crippen LogP contribution in [-0.2, 0) is 4.74 Å². The standard InChI is InChI=1S/C7H14OS/c1-6-4-3-5-7(8-2)9-6/h6-7H,3-5H2,1-2H3. The molecule has 0 aromatic carbocycles. The van der Waals surface area contributed by atoms with Crippen molar-refractivity contribution in [2.45, 2.75) is 36.9 Å². The predicted molar refractivity (Wildman–Crippen MR) is 41.7 cm³/mol. The molecule has 9 heavy (non-hydrogen) atoms. The number of hydrogen-bond acceptors (Lipinski definition) is 2. The number of rotatable bonds is 1. The zero-order valence-electron chi connectivity index (χ0n) is 6.09. The molecule has 1 aliphatic rings. The van der Waals surface area contributed by atoms with E-state index in [1.54, 1.807) is 7.11 Å². The molecule has 2 atom stereocenters. The van der Waals surface area contributed by atoms with Gasteiger partial charge in [-0.15, -0.1) is 11.8 Å². The Morgan fingerprint density at radius 1 is 1.44 bits per heavy atom. The molecular formula is C7H14OS. The van der Waals surface area contributed by atoms with Crippen molar-refractivity contribution >= 4 is 11.8 Å². The first-order chi connectivity index (χ1) is 4.33. The monoisotopic (exact) mass is 146 g/mol. The molecule has 0 N–H and O–H groups in total. The van der Waals surface area contributed by atoms with Gasteiger partial charge in [0.15, 0.2) is 0 Å². The van der Waals surface area contributed by atoms with Crippen molar-refractivity contribution in [2.24, 2.45) is 0 Å². The number of thioether (sulfide) groups is 1. The highest BCUT2D eigenvalue weighted by Crippen LogP contribution is 2.31. The Hall–Kier alpha value is 0.310. The Labute approximate surface area is 61.2 Å². The van der Waals surface area contributed by atoms with Crippen LogP contribution in [0.3, 0.4) is 0 Å². The topological polar surface area (TPSA) is 9.23 Å². The molecule has 0 aromatic rings. The summed E-state index contributed by atoms with van der Waals surface area (Å²) < 4.78 is 5.22. The lowest BCUT2D eigenvalue weighted by molar-refractivity contribution is 0.158. The molecule has 0 radical (unpaired) electrons. The van der Waals surface area contributed by atoms with Crippen LogP contribution in [0.15, 0.2) is 0 Å². The van der Waals surface area contributed by atoms with Crippen LogP contribution >= 0.6 is 11.8 Å². The zero-order valence-corrected chi connectivity index (χ0v) is 6.91. The van der Waals surface area contributed by atoms with Crippen LogP contribution in [0.2, 0.25) is 0 Å². The van der Waals surface area contributed by atoms with Crippen LogP contribution in [0, 0.1) is 0 Å². The quantitative estimate of drug-likeness (QED) is 0.561. The van der Waals surface area contributed by atoms with Crippen LogP contribution in [0.25, 0.3) is 0 Å². The average molecular weight is 146 g/mol. The van der Waals surface area contributed by atoms with E-state index in [1.807, 2.05) is 11.8 Å². The number of hydrogen-bond donors (Lipinski definition) is 0. The van der Waals surface area contributed by atoms with Gasteiger partial charge in [-0.1, -0.05) is 6.92 Å². The molecule has 2 heteroatoms. The third-order valence-electron chi connectivity index (χ3n) is 1.70. The first-order valence-electron chi connectivity index (χ1n) is 3.51. The van der Waals surface area contributed by atoms with Gasteiger partial charge in [-0.05, 0) is 19.3 Å². The summed E-state index contributed by atoms with van der Waals surface area (Å²) in [5.41, 5.74) is 0.480. The van der Waals surface area contributed by atoms with E-state index < -0.39 is 0 Å². The Morgan fingerprint density at radius 2 is 2.22 bits per heavy atom. The Morgan fingerprint density at radius 3 is 2.67 bits per heavy atom. The van der Waals surface area contributed by atoms with Gasteiger partial charge in [-0.25, -0.2) is 0 Å². The van der Waals surface area contributed by atoms with Crippen LogP contribution in [-0.4, -0.2) is 17.8 Å². The van der Waals surface area contributed by atoms with E-state index in [4.69, 9.17) is 4.74 Å². The van der Waals surface area contributed by atoms with Gasteiger partial charge in [0.05, 0.1) is 0 Å². The third kappa shape index (κ3) is 2.18. The summed E-state index contributed by atoms with van der Waals surface area (Å²) in [6.07, 6.45) is 3.95. The van der Waals surface area contributed by atoms with Gasteiger partial charge in [0.2, 0.25) is 0 Å². The van der Waals surface area contributed by atoms with E-state index in [1.165, 1.54) is 19.3 Å². The maximum absolute atomic E-state index is 5.22. The smallest absolute Gasteiger partial charge is 0.103 e. The van der Waals surface area contributed by atoms with Crippen LogP contribution < -0.4 is 0 Å². The van der Waals surface area contributed by atoms with Crippen molar-refractivity contribution in [1.29, 1.82) is 0 Å². The molecule has 1 saturated heterocycles. The normalized spacial score (nSPS) is 36.7. The van der Waals surface area contributed by atoms with Crippen molar-refractivity contribution in [3.8, 4) is 0 Å². The fourth-order valence-electron chi connectivity index (χ4n) is 1.14. The highest BCUT2D eigenvalue weighted by Gasteiger charge is 2.17. The molecular weight excluding hydrogens is 132 g/mol. The van der Waals surface area contributed by atoms with Crippen molar-refractivity contribution < 1.29 is 4.74 Å². The van der Waals surface area contributed by atoms with E-state index in [-0.39, 0.29) is 0 Å². The molecule has 0 aliphatic carbocycles. The van der Waals surface area contributed by atoms with E-state index >= 15 is 0 Å². The fourth-order valence-corrected chi connectivity index (χ4v) is 2.38. The molecule has 0 saturated carbocycles. The second-order valence-electron chi connectivity index (χ2n) is 2.54. The summed E-state index contributed by atoms with van der Waals surface area (Å²) in [7, 11) is 1.80. The zero-order chi connectivity index (χ0) is 6.69. The van der Waals surface area contributed by atoms with Gasteiger partial charge >= 0.3 is 0 Å². The average Bonchev–Trinajstić information content (AvgIpc) is 1.88. The molecule has 1 heterocycles. The second kappa shape index (κ2) is 3.47. The summed E-state index contributed by atoms with van der Waals surface area (Å²) in [6.45, 7) is 2.27. The van der Waals surface area contributed by atoms with Crippen LogP contribution in [0.1, 0.15) is 26.2 Å². The largest absolute Gasteiger partial charge is 0.371 e. The molecule has 2 unspecified atom stereocenters. The lowest BCUT2D eigenvalue weighted by Crippen LogP contribution is -2.16. The molecule has 0 bridgehead atoms. The lowest BCUT2D eigenvalue weighted by Gasteiger charge is -2.24. The summed E-state index contributed by atoms with van der Waals surface area (Å²) in [4.78, 5) is 0. The molecule has 0 spiro atoms. The van der Waals surface area contributed by atoms with Crippen molar-refractivity contribution in [2.75, 3.05) is 7.11 Å². The van der Waals surface area contributed by atoms with Gasteiger partial charge in [0, 0.05) is 12.4 Å². The van der Waals surface area contributed by atoms with E-state index in [0.29, 0.717) is 5.44 Å².